The van der Waals surface area contributed by atoms with Gasteiger partial charge in [0.15, 0.2) is 0 Å². The first-order chi connectivity index (χ1) is 19.7. The van der Waals surface area contributed by atoms with Gasteiger partial charge in [0.05, 0.1) is 13.2 Å². The van der Waals surface area contributed by atoms with Crippen molar-refractivity contribution in [1.29, 1.82) is 0 Å². The van der Waals surface area contributed by atoms with Gasteiger partial charge in [0.1, 0.15) is 11.9 Å². The molecule has 4 nitrogen and oxygen atoms in total. The monoisotopic (exact) mass is 536 g/mol. The molecule has 3 heterocycles. The van der Waals surface area contributed by atoms with Crippen molar-refractivity contribution in [3.05, 3.63) is 101 Å². The molecule has 5 atom stereocenters. The zero-order valence-electron chi connectivity index (χ0n) is 24.1. The molecule has 3 aliphatic heterocycles. The summed E-state index contributed by atoms with van der Waals surface area (Å²) in [6.45, 7) is 2.47. The highest BCUT2D eigenvalue weighted by Crippen LogP contribution is 2.43. The van der Waals surface area contributed by atoms with Gasteiger partial charge in [0, 0.05) is 31.2 Å². The normalized spacial score (nSPS) is 30.2. The van der Waals surface area contributed by atoms with Crippen molar-refractivity contribution in [2.45, 2.75) is 75.3 Å². The van der Waals surface area contributed by atoms with Crippen molar-refractivity contribution in [2.75, 3.05) is 27.2 Å². The molecule has 4 aliphatic rings. The van der Waals surface area contributed by atoms with Gasteiger partial charge in [-0.2, -0.15) is 0 Å². The fourth-order valence-corrected chi connectivity index (χ4v) is 8.68. The first-order valence-corrected chi connectivity index (χ1v) is 15.5. The summed E-state index contributed by atoms with van der Waals surface area (Å²) in [6, 6.07) is 30.2. The molecule has 0 N–H and O–H groups in total. The second kappa shape index (κ2) is 11.3. The van der Waals surface area contributed by atoms with Crippen molar-refractivity contribution in [1.82, 2.24) is 9.80 Å². The quantitative estimate of drug-likeness (QED) is 0.343. The zero-order valence-corrected chi connectivity index (χ0v) is 24.1. The summed E-state index contributed by atoms with van der Waals surface area (Å²) in [5, 5.41) is 0. The molecule has 7 rings (SSSR count). The first-order valence-electron chi connectivity index (χ1n) is 15.5. The molecule has 210 valence electrons. The lowest BCUT2D eigenvalue weighted by atomic mass is 9.72. The Labute approximate surface area is 240 Å². The van der Waals surface area contributed by atoms with Crippen molar-refractivity contribution in [3.8, 4) is 5.75 Å². The number of likely N-dealkylation sites (tertiary alicyclic amines) is 1. The molecule has 2 bridgehead atoms. The summed E-state index contributed by atoms with van der Waals surface area (Å²) in [4.78, 5) is 5.58. The van der Waals surface area contributed by atoms with Gasteiger partial charge in [0.2, 0.25) is 0 Å². The van der Waals surface area contributed by atoms with Crippen LogP contribution < -0.4 is 4.74 Å². The molecule has 0 spiro atoms. The van der Waals surface area contributed by atoms with Gasteiger partial charge in [-0.15, -0.1) is 0 Å². The Morgan fingerprint density at radius 2 is 1.48 bits per heavy atom. The SMILES string of the molecule is COc1cccc2c1C[C@@H]1C[C@@H](CN3C4CCC3CC(OC(c3ccccc3)c3ccccc3)C4)CN(C)[C@H]1C2. The van der Waals surface area contributed by atoms with Crippen LogP contribution in [0.25, 0.3) is 0 Å². The van der Waals surface area contributed by atoms with Crippen molar-refractivity contribution in [3.63, 3.8) is 0 Å². The van der Waals surface area contributed by atoms with Gasteiger partial charge >= 0.3 is 0 Å². The fraction of sp³-hybridized carbons (Fsp3) is 0.500. The molecule has 0 aromatic heterocycles. The van der Waals surface area contributed by atoms with Crippen molar-refractivity contribution < 1.29 is 9.47 Å². The Morgan fingerprint density at radius 1 is 0.800 bits per heavy atom. The van der Waals surface area contributed by atoms with E-state index in [1.807, 2.05) is 7.11 Å². The van der Waals surface area contributed by atoms with E-state index in [1.165, 1.54) is 61.0 Å². The third-order valence-corrected chi connectivity index (χ3v) is 10.5. The summed E-state index contributed by atoms with van der Waals surface area (Å²) in [5.74, 6) is 2.55. The highest BCUT2D eigenvalue weighted by Gasteiger charge is 2.45. The molecular formula is C36H44N2O2. The third kappa shape index (κ3) is 5.11. The largest absolute Gasteiger partial charge is 0.496 e. The molecule has 0 saturated carbocycles. The van der Waals surface area contributed by atoms with E-state index in [0.29, 0.717) is 24.2 Å². The summed E-state index contributed by atoms with van der Waals surface area (Å²) < 4.78 is 12.7. The van der Waals surface area contributed by atoms with Crippen LogP contribution in [-0.4, -0.2) is 61.3 Å². The molecule has 3 aromatic rings. The van der Waals surface area contributed by atoms with E-state index in [0.717, 1.165) is 36.8 Å². The topological polar surface area (TPSA) is 24.9 Å². The van der Waals surface area contributed by atoms with E-state index < -0.39 is 0 Å². The average Bonchev–Trinajstić information content (AvgIpc) is 3.21. The molecule has 40 heavy (non-hydrogen) atoms. The van der Waals surface area contributed by atoms with Gasteiger partial charge in [-0.05, 0) is 92.1 Å². The minimum absolute atomic E-state index is 0.00782. The maximum atomic E-state index is 6.98. The molecule has 3 aromatic carbocycles. The van der Waals surface area contributed by atoms with Crippen molar-refractivity contribution >= 4 is 0 Å². The summed E-state index contributed by atoms with van der Waals surface area (Å²) in [5.41, 5.74) is 5.47. The number of methoxy groups -OCH3 is 1. The van der Waals surface area contributed by atoms with Crippen LogP contribution in [0.5, 0.6) is 5.75 Å². The fourth-order valence-electron chi connectivity index (χ4n) is 8.68. The summed E-state index contributed by atoms with van der Waals surface area (Å²) >= 11 is 0. The van der Waals surface area contributed by atoms with Gasteiger partial charge < -0.3 is 14.4 Å². The lowest BCUT2D eigenvalue weighted by Crippen LogP contribution is -2.54. The van der Waals surface area contributed by atoms with Crippen LogP contribution in [0, 0.1) is 11.8 Å². The number of hydrogen-bond acceptors (Lipinski definition) is 4. The standard InChI is InChI=1S/C36H44N2O2/c1-37-23-25(18-29-19-33-28(20-34(29)37)14-9-15-35(33)39-2)24-38-30-16-17-31(38)22-32(21-30)40-36(26-10-5-3-6-11-26)27-12-7-4-8-13-27/h3-15,25,29-32,34,36H,16-24H2,1-2H3/t25-,29+,30?,31?,32?,34+/m1/s1. The maximum Gasteiger partial charge on any atom is 0.122 e. The number of fused-ring (bicyclic) bond motifs is 4. The third-order valence-electron chi connectivity index (χ3n) is 10.5. The second-order valence-corrected chi connectivity index (χ2v) is 12.9. The van der Waals surface area contributed by atoms with Gasteiger partial charge in [-0.3, -0.25) is 4.90 Å². The number of rotatable bonds is 7. The van der Waals surface area contributed by atoms with E-state index in [2.05, 4.69) is 95.7 Å². The predicted octanol–water partition coefficient (Wildman–Crippen LogP) is 6.53. The summed E-state index contributed by atoms with van der Waals surface area (Å²) in [7, 11) is 4.19. The van der Waals surface area contributed by atoms with Crippen LogP contribution in [0.1, 0.15) is 60.5 Å². The molecule has 0 radical (unpaired) electrons. The zero-order chi connectivity index (χ0) is 27.1. The van der Waals surface area contributed by atoms with E-state index >= 15 is 0 Å². The van der Waals surface area contributed by atoms with Gasteiger partial charge in [-0.1, -0.05) is 72.8 Å². The second-order valence-electron chi connectivity index (χ2n) is 12.9. The molecule has 1 aliphatic carbocycles. The van der Waals surface area contributed by atoms with Crippen LogP contribution in [0.2, 0.25) is 0 Å². The van der Waals surface area contributed by atoms with Crippen LogP contribution in [-0.2, 0) is 17.6 Å². The lowest BCUT2D eigenvalue weighted by molar-refractivity contribution is -0.0555. The van der Waals surface area contributed by atoms with Crippen LogP contribution >= 0.6 is 0 Å². The number of ether oxygens (including phenoxy) is 2. The maximum absolute atomic E-state index is 6.98. The highest BCUT2D eigenvalue weighted by molar-refractivity contribution is 5.43. The van der Waals surface area contributed by atoms with E-state index in [4.69, 9.17) is 9.47 Å². The Morgan fingerprint density at radius 3 is 2.12 bits per heavy atom. The first kappa shape index (κ1) is 26.3. The number of piperidine rings is 2. The van der Waals surface area contributed by atoms with Gasteiger partial charge in [0.25, 0.3) is 0 Å². The molecule has 3 fully saturated rings. The average molecular weight is 537 g/mol. The summed E-state index contributed by atoms with van der Waals surface area (Å²) in [6.07, 6.45) is 8.96. The van der Waals surface area contributed by atoms with Gasteiger partial charge in [-0.25, -0.2) is 0 Å². The minimum atomic E-state index is 0.00782. The molecular weight excluding hydrogens is 492 g/mol. The molecule has 4 heteroatoms. The molecule has 3 saturated heterocycles. The van der Waals surface area contributed by atoms with E-state index in [9.17, 15) is 0 Å². The Bertz CT molecular complexity index is 1230. The Balaban J connectivity index is 1.02. The molecule has 0 amide bonds. The van der Waals surface area contributed by atoms with Crippen LogP contribution in [0.4, 0.5) is 0 Å². The Kier molecular flexibility index (Phi) is 7.42. The Hall–Kier alpha value is -2.66. The number of hydrogen-bond donors (Lipinski definition) is 0. The van der Waals surface area contributed by atoms with E-state index in [1.54, 1.807) is 0 Å². The van der Waals surface area contributed by atoms with Crippen LogP contribution in [0.3, 0.4) is 0 Å². The van der Waals surface area contributed by atoms with Crippen LogP contribution in [0.15, 0.2) is 78.9 Å². The lowest BCUT2D eigenvalue weighted by Gasteiger charge is -2.48. The van der Waals surface area contributed by atoms with E-state index in [-0.39, 0.29) is 6.10 Å². The number of nitrogens with zero attached hydrogens (tertiary/aromatic N) is 2. The number of benzene rings is 3. The molecule has 2 unspecified atom stereocenters. The number of likely N-dealkylation sites (N-methyl/N-ethyl adjacent to an activating group) is 1. The van der Waals surface area contributed by atoms with Crippen molar-refractivity contribution in [2.24, 2.45) is 11.8 Å². The minimum Gasteiger partial charge on any atom is -0.496 e. The smallest absolute Gasteiger partial charge is 0.122 e. The predicted molar refractivity (Wildman–Crippen MR) is 161 cm³/mol. The highest BCUT2D eigenvalue weighted by atomic mass is 16.5.